The van der Waals surface area contributed by atoms with Crippen LogP contribution in [0.25, 0.3) is 0 Å². The van der Waals surface area contributed by atoms with Crippen LogP contribution in [0.2, 0.25) is 0 Å². The minimum Gasteiger partial charge on any atom is -0.497 e. The number of aliphatic hydroxyl groups is 3. The number of halogens is 3. The summed E-state index contributed by atoms with van der Waals surface area (Å²) in [4.78, 5) is 51.5. The van der Waals surface area contributed by atoms with E-state index in [-0.39, 0.29) is 37.7 Å². The van der Waals surface area contributed by atoms with Gasteiger partial charge in [-0.3, -0.25) is 29.0 Å². The molecule has 1 unspecified atom stereocenters. The fraction of sp³-hybridized carbons (Fsp3) is 0.636. The fourth-order valence-corrected chi connectivity index (χ4v) is 14.8. The number of amides is 1. The fourth-order valence-electron chi connectivity index (χ4n) is 12.5. The van der Waals surface area contributed by atoms with Crippen molar-refractivity contribution in [3.05, 3.63) is 83.0 Å². The second-order valence-corrected chi connectivity index (χ2v) is 23.7. The third-order valence-corrected chi connectivity index (χ3v) is 18.8. The zero-order chi connectivity index (χ0) is 54.4. The second kappa shape index (κ2) is 23.9. The number of nitrogens with zero attached hydrogens (tertiary/aromatic N) is 1. The van der Waals surface area contributed by atoms with Crippen molar-refractivity contribution >= 4 is 36.5 Å². The van der Waals surface area contributed by atoms with Crippen LogP contribution in [0.3, 0.4) is 0 Å². The molecule has 1 heterocycles. The summed E-state index contributed by atoms with van der Waals surface area (Å²) in [6.07, 6.45) is 10.7. The zero-order valence-corrected chi connectivity index (χ0v) is 44.6. The number of ketones is 1. The Labute approximate surface area is 432 Å². The highest BCUT2D eigenvalue weighted by Crippen LogP contribution is 2.77. The lowest BCUT2D eigenvalue weighted by atomic mass is 9.59. The molecule has 15 nitrogen and oxygen atoms in total. The standard InChI is InChI=1S/C36H56O8.C19H20F3N2O5P/c1-7-8-9-10-11-12-13-14-15-16-17-18-29(39)43-32-24(3)35(42)27(30-33(5,6)36(30,32)44-25(4)38)20-26(22-37)21-34(41)28(35)19-23(2)31(34)40;1-28-15-6-8-16(9-7-15)30(27,29-12-19(20,21)22)24-11-14-5-3-2-4-13(14)10-17(24)18(25)23-26/h19-20,24,27-28,30,32,37,41-42H,7-18,21-22H2,1-6H3;2-9,17,26H,10-12H2,1H3,(H,23,25)/t24-,27+,28?,30-,32-,34-,35-,36-;17-,30+/m11/s1. The molecule has 2 aromatic rings. The van der Waals surface area contributed by atoms with Gasteiger partial charge in [-0.15, -0.1) is 0 Å². The number of hydrogen-bond acceptors (Lipinski definition) is 13. The third kappa shape index (κ3) is 11.8. The Morgan fingerprint density at radius 3 is 2.05 bits per heavy atom. The molecule has 2 saturated carbocycles. The largest absolute Gasteiger partial charge is 0.497 e. The minimum atomic E-state index is -4.73. The molecule has 0 aromatic heterocycles. The highest BCUT2D eigenvalue weighted by atomic mass is 31.2. The molecule has 1 amide bonds. The number of unbranched alkanes of at least 4 members (excludes halogenated alkanes) is 10. The normalized spacial score (nSPS) is 29.5. The van der Waals surface area contributed by atoms with Crippen molar-refractivity contribution in [2.24, 2.45) is 29.1 Å². The number of rotatable bonds is 21. The number of esters is 2. The molecule has 5 aliphatic rings. The summed E-state index contributed by atoms with van der Waals surface area (Å²) >= 11 is 0. The summed E-state index contributed by atoms with van der Waals surface area (Å²) < 4.78 is 76.2. The van der Waals surface area contributed by atoms with Gasteiger partial charge in [0.1, 0.15) is 23.5 Å². The molecule has 410 valence electrons. The first kappa shape index (κ1) is 58.8. The van der Waals surface area contributed by atoms with Gasteiger partial charge in [0.15, 0.2) is 18.0 Å². The SMILES string of the molecule is CCCCCCCCCCCCCC(=O)O[C@@H]1[C@@H](C)[C@]2(O)C3C=C(C)C(=O)[C@@]3(O)CC(CO)=C[C@H]2[C@@H]2C(C)(C)[C@]12OC(C)=O.COc1ccc([P@](=O)(OCC(F)(F)F)N2Cc3ccccc3C[C@@H]2C(=O)NO)cc1. The summed E-state index contributed by atoms with van der Waals surface area (Å²) in [6, 6.07) is 11.3. The molecule has 0 spiro atoms. The molecule has 10 atom stereocenters. The maximum Gasteiger partial charge on any atom is 0.412 e. The van der Waals surface area contributed by atoms with Crippen molar-refractivity contribution in [3.63, 3.8) is 0 Å². The van der Waals surface area contributed by atoms with Gasteiger partial charge in [0, 0.05) is 55.4 Å². The highest BCUT2D eigenvalue weighted by Gasteiger charge is 2.88. The number of methoxy groups -OCH3 is 1. The number of ether oxygens (including phenoxy) is 3. The van der Waals surface area contributed by atoms with Gasteiger partial charge in [-0.25, -0.2) is 10.2 Å². The maximum absolute atomic E-state index is 14.0. The molecule has 0 saturated heterocycles. The van der Waals surface area contributed by atoms with Gasteiger partial charge in [-0.1, -0.05) is 128 Å². The van der Waals surface area contributed by atoms with Gasteiger partial charge < -0.3 is 34.1 Å². The first-order valence-corrected chi connectivity index (χ1v) is 27.6. The predicted octanol–water partition coefficient (Wildman–Crippen LogP) is 8.78. The number of Topliss-reactive ketones (excluding diaryl/α,β-unsaturated/α-hetero) is 1. The Bertz CT molecular complexity index is 2450. The van der Waals surface area contributed by atoms with Gasteiger partial charge in [-0.2, -0.15) is 13.2 Å². The highest BCUT2D eigenvalue weighted by molar-refractivity contribution is 7.64. The Morgan fingerprint density at radius 1 is 0.905 bits per heavy atom. The summed E-state index contributed by atoms with van der Waals surface area (Å²) in [5, 5.41) is 43.9. The van der Waals surface area contributed by atoms with E-state index in [9.17, 15) is 52.2 Å². The molecule has 2 aromatic carbocycles. The number of carbonyl (C=O) groups excluding carboxylic acids is 4. The Kier molecular flexibility index (Phi) is 19.0. The van der Waals surface area contributed by atoms with E-state index in [0.29, 0.717) is 28.9 Å². The molecule has 1 aliphatic heterocycles. The minimum absolute atomic E-state index is 0.0253. The van der Waals surface area contributed by atoms with Crippen LogP contribution >= 0.6 is 7.52 Å². The summed E-state index contributed by atoms with van der Waals surface area (Å²) in [6.45, 7) is 8.57. The van der Waals surface area contributed by atoms with Gasteiger partial charge in [0.2, 0.25) is 0 Å². The van der Waals surface area contributed by atoms with E-state index >= 15 is 0 Å². The summed E-state index contributed by atoms with van der Waals surface area (Å²) in [5.74, 6) is -4.78. The number of benzene rings is 2. The average molecular weight is 1060 g/mol. The monoisotopic (exact) mass is 1060 g/mol. The smallest absolute Gasteiger partial charge is 0.412 e. The van der Waals surface area contributed by atoms with Crippen LogP contribution < -0.4 is 15.5 Å². The van der Waals surface area contributed by atoms with E-state index in [0.717, 1.165) is 29.5 Å². The van der Waals surface area contributed by atoms with Gasteiger partial charge >= 0.3 is 25.6 Å². The lowest BCUT2D eigenvalue weighted by Gasteiger charge is -2.53. The molecule has 2 fully saturated rings. The van der Waals surface area contributed by atoms with Crippen LogP contribution in [-0.4, -0.2) is 104 Å². The molecule has 7 rings (SSSR count). The number of hydrogen-bond donors (Lipinski definition) is 5. The summed E-state index contributed by atoms with van der Waals surface area (Å²) in [5.41, 5.74) is -1.74. The van der Waals surface area contributed by atoms with Crippen molar-refractivity contribution in [1.82, 2.24) is 10.2 Å². The number of aliphatic hydroxyl groups excluding tert-OH is 1. The van der Waals surface area contributed by atoms with Crippen molar-refractivity contribution < 1.29 is 76.2 Å². The quantitative estimate of drug-likeness (QED) is 0.0197. The average Bonchev–Trinajstić information content (AvgIpc) is 3.79. The van der Waals surface area contributed by atoms with Crippen molar-refractivity contribution in [1.29, 1.82) is 0 Å². The predicted molar refractivity (Wildman–Crippen MR) is 269 cm³/mol. The number of nitrogens with one attached hydrogen (secondary N) is 1. The van der Waals surface area contributed by atoms with Crippen LogP contribution in [0, 0.1) is 29.1 Å². The zero-order valence-electron chi connectivity index (χ0n) is 43.7. The Balaban J connectivity index is 0.000000259. The number of hydroxylamine groups is 1. The van der Waals surface area contributed by atoms with E-state index in [2.05, 4.69) is 6.92 Å². The van der Waals surface area contributed by atoms with Crippen LogP contribution in [0.5, 0.6) is 5.75 Å². The van der Waals surface area contributed by atoms with Crippen molar-refractivity contribution in [2.45, 2.75) is 173 Å². The summed E-state index contributed by atoms with van der Waals surface area (Å²) in [7, 11) is -2.95. The molecule has 0 radical (unpaired) electrons. The molecule has 19 heteroatoms. The van der Waals surface area contributed by atoms with Gasteiger partial charge in [-0.05, 0) is 66.3 Å². The first-order chi connectivity index (χ1) is 34.9. The Morgan fingerprint density at radius 2 is 1.50 bits per heavy atom. The molecule has 74 heavy (non-hydrogen) atoms. The van der Waals surface area contributed by atoms with Crippen molar-refractivity contribution in [2.75, 3.05) is 20.3 Å². The molecule has 0 bridgehead atoms. The van der Waals surface area contributed by atoms with E-state index in [1.807, 2.05) is 13.8 Å². The van der Waals surface area contributed by atoms with Crippen LogP contribution in [0.15, 0.2) is 71.8 Å². The van der Waals surface area contributed by atoms with E-state index < -0.39 is 102 Å². The van der Waals surface area contributed by atoms with Crippen LogP contribution in [0.1, 0.15) is 136 Å². The lowest BCUT2D eigenvalue weighted by molar-refractivity contribution is -0.228. The van der Waals surface area contributed by atoms with Gasteiger partial charge in [0.05, 0.1) is 24.6 Å². The molecular formula is C55H76F3N2O13P. The molecular weight excluding hydrogens is 985 g/mol. The number of fused-ring (bicyclic) bond motifs is 6. The Hall–Kier alpha value is -4.42. The van der Waals surface area contributed by atoms with E-state index in [1.165, 1.54) is 88.7 Å². The first-order valence-electron chi connectivity index (χ1n) is 26.0. The molecule has 4 aliphatic carbocycles. The molecule has 5 N–H and O–H groups in total. The third-order valence-electron chi connectivity index (χ3n) is 16.3. The van der Waals surface area contributed by atoms with Crippen LogP contribution in [-0.2, 0) is 50.7 Å². The van der Waals surface area contributed by atoms with Gasteiger partial charge in [0.25, 0.3) is 5.91 Å². The van der Waals surface area contributed by atoms with E-state index in [1.54, 1.807) is 50.3 Å². The maximum atomic E-state index is 14.0. The topological polar surface area (TPSA) is 218 Å². The van der Waals surface area contributed by atoms with E-state index in [4.69, 9.17) is 23.9 Å². The van der Waals surface area contributed by atoms with Crippen molar-refractivity contribution in [3.8, 4) is 5.75 Å². The second-order valence-electron chi connectivity index (χ2n) is 21.4. The number of carbonyl (C=O) groups is 4. The lowest BCUT2D eigenvalue weighted by Crippen LogP contribution is -2.66. The van der Waals surface area contributed by atoms with Crippen LogP contribution in [0.4, 0.5) is 13.2 Å². The number of alkyl halides is 3.